The van der Waals surface area contributed by atoms with Crippen molar-refractivity contribution < 1.29 is 14.4 Å². The smallest absolute Gasteiger partial charge is 0.274 e. The van der Waals surface area contributed by atoms with E-state index in [2.05, 4.69) is 26.3 Å². The van der Waals surface area contributed by atoms with Crippen LogP contribution in [0.4, 0.5) is 5.69 Å². The molecule has 2 aromatic rings. The predicted molar refractivity (Wildman–Crippen MR) is 112 cm³/mol. The summed E-state index contributed by atoms with van der Waals surface area (Å²) in [6.45, 7) is 1.19. The number of amides is 2. The number of Topliss-reactive ketones (excluding diaryl/α,β-unsaturated/α-hetero) is 1. The van der Waals surface area contributed by atoms with Crippen molar-refractivity contribution in [1.82, 2.24) is 14.7 Å². The van der Waals surface area contributed by atoms with Gasteiger partial charge in [-0.25, -0.2) is 0 Å². The number of fused-ring (bicyclic) bond motifs is 1. The topological polar surface area (TPSA) is 84.3 Å². The van der Waals surface area contributed by atoms with E-state index in [1.54, 1.807) is 28.8 Å². The molecule has 1 aromatic carbocycles. The molecule has 1 N–H and O–H groups in total. The van der Waals surface area contributed by atoms with Crippen LogP contribution in [0.15, 0.2) is 34.9 Å². The molecule has 1 aliphatic carbocycles. The number of hydrogen-bond donors (Lipinski definition) is 1. The number of nitrogens with zero attached hydrogens (tertiary/aromatic N) is 3. The number of carbonyl (C=O) groups excluding carboxylic acids is 3. The van der Waals surface area contributed by atoms with Crippen LogP contribution in [0.25, 0.3) is 0 Å². The van der Waals surface area contributed by atoms with E-state index < -0.39 is 5.92 Å². The van der Waals surface area contributed by atoms with Gasteiger partial charge in [-0.05, 0) is 25.0 Å². The number of anilines is 1. The van der Waals surface area contributed by atoms with Crippen molar-refractivity contribution in [3.63, 3.8) is 0 Å². The van der Waals surface area contributed by atoms with Crippen LogP contribution in [-0.4, -0.2) is 45.9 Å². The number of likely N-dealkylation sites (N-methyl/N-ethyl adjacent to an activating group) is 1. The molecule has 152 valence electrons. The Morgan fingerprint density at radius 1 is 1.10 bits per heavy atom. The zero-order valence-corrected chi connectivity index (χ0v) is 17.8. The van der Waals surface area contributed by atoms with Crippen molar-refractivity contribution in [3.05, 3.63) is 46.2 Å². The van der Waals surface area contributed by atoms with Gasteiger partial charge in [0.15, 0.2) is 5.78 Å². The molecule has 0 radical (unpaired) electrons. The number of ketones is 1. The summed E-state index contributed by atoms with van der Waals surface area (Å²) in [7, 11) is 1.73. The average molecular weight is 459 g/mol. The SMILES string of the molecule is CN1CCn2ncc(NC(=O)[C@@H]3CCCC[C@H]3C(=O)c3ccc(Br)cc3)c2C1=O. The summed E-state index contributed by atoms with van der Waals surface area (Å²) in [6, 6.07) is 7.26. The Morgan fingerprint density at radius 3 is 2.52 bits per heavy atom. The molecule has 1 fully saturated rings. The number of hydrogen-bond acceptors (Lipinski definition) is 4. The van der Waals surface area contributed by atoms with Crippen molar-refractivity contribution >= 4 is 39.2 Å². The lowest BCUT2D eigenvalue weighted by atomic mass is 9.75. The van der Waals surface area contributed by atoms with Gasteiger partial charge in [-0.3, -0.25) is 19.1 Å². The number of rotatable bonds is 4. The summed E-state index contributed by atoms with van der Waals surface area (Å²) < 4.78 is 2.54. The summed E-state index contributed by atoms with van der Waals surface area (Å²) in [6.07, 6.45) is 4.73. The van der Waals surface area contributed by atoms with Gasteiger partial charge < -0.3 is 10.2 Å². The number of halogens is 1. The maximum Gasteiger partial charge on any atom is 0.274 e. The lowest BCUT2D eigenvalue weighted by Gasteiger charge is -2.30. The minimum atomic E-state index is -0.410. The predicted octanol–water partition coefficient (Wildman–Crippen LogP) is 3.36. The highest BCUT2D eigenvalue weighted by molar-refractivity contribution is 9.10. The minimum absolute atomic E-state index is 0.00481. The van der Waals surface area contributed by atoms with Crippen LogP contribution in [-0.2, 0) is 11.3 Å². The molecule has 2 amide bonds. The van der Waals surface area contributed by atoms with Crippen molar-refractivity contribution in [2.24, 2.45) is 11.8 Å². The first-order chi connectivity index (χ1) is 14.0. The van der Waals surface area contributed by atoms with E-state index in [0.717, 1.165) is 17.3 Å². The molecule has 1 aromatic heterocycles. The third kappa shape index (κ3) is 3.85. The van der Waals surface area contributed by atoms with Gasteiger partial charge in [-0.15, -0.1) is 0 Å². The van der Waals surface area contributed by atoms with E-state index in [9.17, 15) is 14.4 Å². The van der Waals surface area contributed by atoms with Gasteiger partial charge in [-0.2, -0.15) is 5.10 Å². The second-order valence-corrected chi connectivity index (χ2v) is 8.63. The Morgan fingerprint density at radius 2 is 1.79 bits per heavy atom. The Hall–Kier alpha value is -2.48. The fraction of sp³-hybridized carbons (Fsp3) is 0.429. The van der Waals surface area contributed by atoms with Gasteiger partial charge in [0.25, 0.3) is 5.91 Å². The lowest BCUT2D eigenvalue weighted by Crippen LogP contribution is -2.39. The minimum Gasteiger partial charge on any atom is -0.338 e. The summed E-state index contributed by atoms with van der Waals surface area (Å²) in [5.41, 5.74) is 1.45. The molecular weight excluding hydrogens is 436 g/mol. The first kappa shape index (κ1) is 19.8. The summed E-state index contributed by atoms with van der Waals surface area (Å²) >= 11 is 3.38. The van der Waals surface area contributed by atoms with Crippen molar-refractivity contribution in [1.29, 1.82) is 0 Å². The molecule has 1 saturated carbocycles. The monoisotopic (exact) mass is 458 g/mol. The quantitative estimate of drug-likeness (QED) is 0.711. The van der Waals surface area contributed by atoms with Crippen LogP contribution in [0.1, 0.15) is 46.5 Å². The van der Waals surface area contributed by atoms with Crippen LogP contribution < -0.4 is 5.32 Å². The second-order valence-electron chi connectivity index (χ2n) is 7.71. The highest BCUT2D eigenvalue weighted by Gasteiger charge is 2.37. The highest BCUT2D eigenvalue weighted by Crippen LogP contribution is 2.34. The van der Waals surface area contributed by atoms with E-state index in [0.29, 0.717) is 42.9 Å². The van der Waals surface area contributed by atoms with Crippen molar-refractivity contribution in [2.45, 2.75) is 32.2 Å². The maximum absolute atomic E-state index is 13.1. The largest absolute Gasteiger partial charge is 0.338 e. The molecule has 7 nitrogen and oxygen atoms in total. The normalized spacial score (nSPS) is 21.6. The standard InChI is InChI=1S/C21H23BrN4O3/c1-25-10-11-26-18(21(25)29)17(12-23-26)24-20(28)16-5-3-2-4-15(16)19(27)13-6-8-14(22)9-7-13/h6-9,12,15-16H,2-5,10-11H2,1H3,(H,24,28)/t15-,16-/m1/s1. The number of aromatic nitrogens is 2. The zero-order chi connectivity index (χ0) is 20.5. The van der Waals surface area contributed by atoms with Gasteiger partial charge in [0, 0.05) is 35.5 Å². The van der Waals surface area contributed by atoms with Gasteiger partial charge in [0.2, 0.25) is 5.91 Å². The Kier molecular flexibility index (Phi) is 5.54. The Labute approximate surface area is 177 Å². The first-order valence-corrected chi connectivity index (χ1v) is 10.7. The third-order valence-corrected chi connectivity index (χ3v) is 6.39. The highest BCUT2D eigenvalue weighted by atomic mass is 79.9. The van der Waals surface area contributed by atoms with Crippen LogP contribution in [0, 0.1) is 11.8 Å². The summed E-state index contributed by atoms with van der Waals surface area (Å²) in [5, 5.41) is 7.12. The van der Waals surface area contributed by atoms with Gasteiger partial charge in [0.05, 0.1) is 18.4 Å². The van der Waals surface area contributed by atoms with Gasteiger partial charge >= 0.3 is 0 Å². The third-order valence-electron chi connectivity index (χ3n) is 5.86. The molecule has 1 aliphatic heterocycles. The maximum atomic E-state index is 13.1. The summed E-state index contributed by atoms with van der Waals surface area (Å²) in [5.74, 6) is -1.13. The number of carbonyl (C=O) groups is 3. The molecule has 2 atom stereocenters. The van der Waals surface area contributed by atoms with E-state index in [1.165, 1.54) is 6.20 Å². The van der Waals surface area contributed by atoms with E-state index >= 15 is 0 Å². The molecule has 0 spiro atoms. The molecule has 2 aliphatic rings. The Bertz CT molecular complexity index is 953. The fourth-order valence-corrected chi connectivity index (χ4v) is 4.48. The molecular formula is C21H23BrN4O3. The summed E-state index contributed by atoms with van der Waals surface area (Å²) in [4.78, 5) is 40.3. The Balaban J connectivity index is 1.54. The second kappa shape index (κ2) is 8.10. The molecule has 0 unspecified atom stereocenters. The fourth-order valence-electron chi connectivity index (χ4n) is 4.21. The zero-order valence-electron chi connectivity index (χ0n) is 16.2. The molecule has 0 saturated heterocycles. The molecule has 8 heteroatoms. The van der Waals surface area contributed by atoms with Crippen molar-refractivity contribution in [3.8, 4) is 0 Å². The number of benzene rings is 1. The van der Waals surface area contributed by atoms with E-state index in [4.69, 9.17) is 0 Å². The molecule has 2 heterocycles. The molecule has 0 bridgehead atoms. The lowest BCUT2D eigenvalue weighted by molar-refractivity contribution is -0.122. The molecule has 29 heavy (non-hydrogen) atoms. The van der Waals surface area contributed by atoms with Crippen LogP contribution in [0.5, 0.6) is 0 Å². The average Bonchev–Trinajstić information content (AvgIpc) is 3.14. The van der Waals surface area contributed by atoms with Crippen LogP contribution in [0.2, 0.25) is 0 Å². The van der Waals surface area contributed by atoms with Gasteiger partial charge in [-0.1, -0.05) is 40.9 Å². The van der Waals surface area contributed by atoms with Crippen LogP contribution in [0.3, 0.4) is 0 Å². The van der Waals surface area contributed by atoms with Crippen LogP contribution >= 0.6 is 15.9 Å². The first-order valence-electron chi connectivity index (χ1n) is 9.87. The number of nitrogens with one attached hydrogen (secondary N) is 1. The molecule has 4 rings (SSSR count). The van der Waals surface area contributed by atoms with Gasteiger partial charge in [0.1, 0.15) is 5.69 Å². The van der Waals surface area contributed by atoms with E-state index in [1.807, 2.05) is 12.1 Å². The van der Waals surface area contributed by atoms with E-state index in [-0.39, 0.29) is 23.5 Å². The van der Waals surface area contributed by atoms with Crippen molar-refractivity contribution in [2.75, 3.05) is 18.9 Å².